The second-order valence-electron chi connectivity index (χ2n) is 5.71. The topological polar surface area (TPSA) is 49.7 Å². The van der Waals surface area contributed by atoms with E-state index in [0.717, 1.165) is 6.42 Å². The molecule has 2 atom stereocenters. The minimum atomic E-state index is -0.836. The Kier molecular flexibility index (Phi) is 5.38. The number of hydrogen-bond acceptors (Lipinski definition) is 3. The summed E-state index contributed by atoms with van der Waals surface area (Å²) in [7, 11) is 0. The Bertz CT molecular complexity index is 428. The zero-order chi connectivity index (χ0) is 14.5. The maximum Gasteiger partial charge on any atom is 0.132 e. The maximum absolute atomic E-state index is 13.7. The molecule has 0 bridgehead atoms. The van der Waals surface area contributed by atoms with Gasteiger partial charge in [-0.15, -0.1) is 0 Å². The van der Waals surface area contributed by atoms with Crippen molar-refractivity contribution in [2.24, 2.45) is 5.92 Å². The number of halogens is 1. The number of aliphatic hydroxyl groups excluding tert-OH is 2. The van der Waals surface area contributed by atoms with Crippen LogP contribution < -0.4 is 4.74 Å². The van der Waals surface area contributed by atoms with Crippen LogP contribution in [0, 0.1) is 11.7 Å². The summed E-state index contributed by atoms with van der Waals surface area (Å²) in [6.07, 6.45) is 4.31. The van der Waals surface area contributed by atoms with Crippen LogP contribution in [0.2, 0.25) is 0 Å². The van der Waals surface area contributed by atoms with Crippen LogP contribution in [0.25, 0.3) is 0 Å². The van der Waals surface area contributed by atoms with E-state index in [1.807, 2.05) is 0 Å². The molecule has 0 amide bonds. The van der Waals surface area contributed by atoms with E-state index in [0.29, 0.717) is 11.7 Å². The molecule has 1 fully saturated rings. The average Bonchev–Trinajstić information content (AvgIpc) is 2.89. The number of rotatable bonds is 6. The first-order valence-electron chi connectivity index (χ1n) is 7.34. The molecule has 0 aliphatic heterocycles. The highest BCUT2D eigenvalue weighted by atomic mass is 19.1. The zero-order valence-electron chi connectivity index (χ0n) is 11.9. The van der Waals surface area contributed by atoms with Crippen molar-refractivity contribution in [3.8, 4) is 5.75 Å². The van der Waals surface area contributed by atoms with Crippen LogP contribution in [0.5, 0.6) is 5.75 Å². The van der Waals surface area contributed by atoms with Crippen molar-refractivity contribution in [2.45, 2.75) is 51.2 Å². The standard InChI is InChI=1S/C16H23FO3/c1-11(18)15-7-6-14(9-16(15)17)20-10-13(19)8-12-4-2-3-5-12/h6-7,9,11-13,18-19H,2-5,8,10H2,1H3/t11-,13?/m1/s1. The highest BCUT2D eigenvalue weighted by Crippen LogP contribution is 2.29. The molecule has 0 radical (unpaired) electrons. The summed E-state index contributed by atoms with van der Waals surface area (Å²) < 4.78 is 19.1. The Morgan fingerprint density at radius 2 is 2.00 bits per heavy atom. The van der Waals surface area contributed by atoms with E-state index >= 15 is 0 Å². The van der Waals surface area contributed by atoms with Gasteiger partial charge in [0.15, 0.2) is 0 Å². The molecule has 2 N–H and O–H groups in total. The SMILES string of the molecule is C[C@@H](O)c1ccc(OCC(O)CC2CCCC2)cc1F. The van der Waals surface area contributed by atoms with Crippen LogP contribution in [-0.4, -0.2) is 22.9 Å². The first-order chi connectivity index (χ1) is 9.56. The lowest BCUT2D eigenvalue weighted by Gasteiger charge is -2.16. The molecule has 1 unspecified atom stereocenters. The lowest BCUT2D eigenvalue weighted by molar-refractivity contribution is 0.0853. The predicted octanol–water partition coefficient (Wildman–Crippen LogP) is 3.20. The maximum atomic E-state index is 13.7. The van der Waals surface area contributed by atoms with Gasteiger partial charge in [0.2, 0.25) is 0 Å². The van der Waals surface area contributed by atoms with Gasteiger partial charge in [0.1, 0.15) is 18.2 Å². The van der Waals surface area contributed by atoms with Gasteiger partial charge in [-0.25, -0.2) is 4.39 Å². The molecule has 1 aliphatic rings. The average molecular weight is 282 g/mol. The van der Waals surface area contributed by atoms with Crippen molar-refractivity contribution >= 4 is 0 Å². The van der Waals surface area contributed by atoms with Gasteiger partial charge in [-0.1, -0.05) is 25.7 Å². The van der Waals surface area contributed by atoms with Crippen molar-refractivity contribution in [1.82, 2.24) is 0 Å². The summed E-state index contributed by atoms with van der Waals surface area (Å²) in [5, 5.41) is 19.3. The Morgan fingerprint density at radius 3 is 2.60 bits per heavy atom. The fourth-order valence-corrected chi connectivity index (χ4v) is 2.83. The molecule has 112 valence electrons. The molecular weight excluding hydrogens is 259 g/mol. The molecule has 0 aromatic heterocycles. The molecular formula is C16H23FO3. The molecule has 0 saturated heterocycles. The number of ether oxygens (including phenoxy) is 1. The normalized spacial score (nSPS) is 19.0. The van der Waals surface area contributed by atoms with Crippen LogP contribution in [0.4, 0.5) is 4.39 Å². The van der Waals surface area contributed by atoms with E-state index in [2.05, 4.69) is 0 Å². The third kappa shape index (κ3) is 4.18. The predicted molar refractivity (Wildman–Crippen MR) is 75.1 cm³/mol. The lowest BCUT2D eigenvalue weighted by Crippen LogP contribution is -2.20. The fourth-order valence-electron chi connectivity index (χ4n) is 2.83. The number of hydrogen-bond donors (Lipinski definition) is 2. The second-order valence-corrected chi connectivity index (χ2v) is 5.71. The van der Waals surface area contributed by atoms with Gasteiger partial charge in [0.25, 0.3) is 0 Å². The molecule has 1 aromatic carbocycles. The summed E-state index contributed by atoms with van der Waals surface area (Å²) >= 11 is 0. The van der Waals surface area contributed by atoms with E-state index in [-0.39, 0.29) is 12.2 Å². The number of benzene rings is 1. The first kappa shape index (κ1) is 15.3. The van der Waals surface area contributed by atoms with Crippen LogP contribution >= 0.6 is 0 Å². The minimum absolute atomic E-state index is 0.184. The van der Waals surface area contributed by atoms with Crippen molar-refractivity contribution in [1.29, 1.82) is 0 Å². The van der Waals surface area contributed by atoms with E-state index in [9.17, 15) is 14.6 Å². The number of aliphatic hydroxyl groups is 2. The monoisotopic (exact) mass is 282 g/mol. The lowest BCUT2D eigenvalue weighted by atomic mass is 10.0. The van der Waals surface area contributed by atoms with E-state index in [1.54, 1.807) is 6.07 Å². The molecule has 1 saturated carbocycles. The Morgan fingerprint density at radius 1 is 1.30 bits per heavy atom. The Hall–Kier alpha value is -1.13. The van der Waals surface area contributed by atoms with Crippen molar-refractivity contribution in [2.75, 3.05) is 6.61 Å². The van der Waals surface area contributed by atoms with Crippen molar-refractivity contribution in [3.63, 3.8) is 0 Å². The summed E-state index contributed by atoms with van der Waals surface area (Å²) in [6.45, 7) is 1.70. The smallest absolute Gasteiger partial charge is 0.132 e. The van der Waals surface area contributed by atoms with Crippen LogP contribution in [0.15, 0.2) is 18.2 Å². The molecule has 4 heteroatoms. The van der Waals surface area contributed by atoms with Crippen molar-refractivity contribution in [3.05, 3.63) is 29.6 Å². The summed E-state index contributed by atoms with van der Waals surface area (Å²) in [4.78, 5) is 0. The highest BCUT2D eigenvalue weighted by Gasteiger charge is 2.19. The van der Waals surface area contributed by atoms with Gasteiger partial charge < -0.3 is 14.9 Å². The zero-order valence-corrected chi connectivity index (χ0v) is 11.9. The van der Waals surface area contributed by atoms with Crippen LogP contribution in [-0.2, 0) is 0 Å². The van der Waals surface area contributed by atoms with Gasteiger partial charge in [-0.05, 0) is 31.4 Å². The summed E-state index contributed by atoms with van der Waals surface area (Å²) in [5.41, 5.74) is 0.254. The minimum Gasteiger partial charge on any atom is -0.491 e. The highest BCUT2D eigenvalue weighted by molar-refractivity contribution is 5.30. The third-order valence-electron chi connectivity index (χ3n) is 3.94. The molecule has 0 heterocycles. The quantitative estimate of drug-likeness (QED) is 0.842. The van der Waals surface area contributed by atoms with Gasteiger partial charge in [-0.3, -0.25) is 0 Å². The molecule has 20 heavy (non-hydrogen) atoms. The largest absolute Gasteiger partial charge is 0.491 e. The van der Waals surface area contributed by atoms with Gasteiger partial charge in [-0.2, -0.15) is 0 Å². The fraction of sp³-hybridized carbons (Fsp3) is 0.625. The third-order valence-corrected chi connectivity index (χ3v) is 3.94. The Balaban J connectivity index is 1.82. The van der Waals surface area contributed by atoms with E-state index < -0.39 is 18.0 Å². The van der Waals surface area contributed by atoms with Gasteiger partial charge in [0.05, 0.1) is 12.2 Å². The van der Waals surface area contributed by atoms with Crippen LogP contribution in [0.3, 0.4) is 0 Å². The van der Waals surface area contributed by atoms with Gasteiger partial charge in [0, 0.05) is 11.6 Å². The first-order valence-corrected chi connectivity index (χ1v) is 7.34. The molecule has 1 aromatic rings. The van der Waals surface area contributed by atoms with Crippen LogP contribution in [0.1, 0.15) is 50.7 Å². The van der Waals surface area contributed by atoms with Crippen molar-refractivity contribution < 1.29 is 19.3 Å². The Labute approximate surface area is 119 Å². The van der Waals surface area contributed by atoms with E-state index in [4.69, 9.17) is 4.74 Å². The van der Waals surface area contributed by atoms with Gasteiger partial charge >= 0.3 is 0 Å². The van der Waals surface area contributed by atoms with E-state index in [1.165, 1.54) is 44.7 Å². The summed E-state index contributed by atoms with van der Waals surface area (Å²) in [6, 6.07) is 4.39. The molecule has 1 aliphatic carbocycles. The second kappa shape index (κ2) is 7.04. The molecule has 3 nitrogen and oxygen atoms in total. The summed E-state index contributed by atoms with van der Waals surface area (Å²) in [5.74, 6) is 0.503. The molecule has 0 spiro atoms. The molecule has 2 rings (SSSR count).